The van der Waals surface area contributed by atoms with Gasteiger partial charge in [0.15, 0.2) is 0 Å². The predicted molar refractivity (Wildman–Crippen MR) is 109 cm³/mol. The van der Waals surface area contributed by atoms with Gasteiger partial charge in [-0.25, -0.2) is 0 Å². The number of thiophene rings is 1. The van der Waals surface area contributed by atoms with E-state index in [9.17, 15) is 4.79 Å². The first-order valence-electron chi connectivity index (χ1n) is 7.22. The summed E-state index contributed by atoms with van der Waals surface area (Å²) in [7, 11) is 0. The van der Waals surface area contributed by atoms with E-state index < -0.39 is 0 Å². The van der Waals surface area contributed by atoms with Gasteiger partial charge in [-0.05, 0) is 29.6 Å². The van der Waals surface area contributed by atoms with Gasteiger partial charge in [-0.2, -0.15) is 0 Å². The van der Waals surface area contributed by atoms with Gasteiger partial charge in [-0.15, -0.1) is 36.2 Å². The second-order valence-electron chi connectivity index (χ2n) is 5.38. The van der Waals surface area contributed by atoms with Crippen molar-refractivity contribution in [2.75, 3.05) is 31.9 Å². The molecule has 0 bridgehead atoms. The van der Waals surface area contributed by atoms with Gasteiger partial charge in [0.05, 0.1) is 5.56 Å². The van der Waals surface area contributed by atoms with E-state index in [1.165, 1.54) is 4.88 Å². The first-order valence-corrected chi connectivity index (χ1v) is 8.90. The molecule has 0 saturated carbocycles. The molecule has 1 aliphatic rings. The van der Waals surface area contributed by atoms with Gasteiger partial charge >= 0.3 is 0 Å². The molecule has 0 spiro atoms. The van der Waals surface area contributed by atoms with Crippen LogP contribution in [0.1, 0.15) is 15.2 Å². The molecule has 1 amide bonds. The Bertz CT molecular complexity index is 661. The molecule has 4 nitrogen and oxygen atoms in total. The van der Waals surface area contributed by atoms with Crippen molar-refractivity contribution in [3.63, 3.8) is 0 Å². The zero-order chi connectivity index (χ0) is 15.5. The first kappa shape index (κ1) is 21.3. The Labute approximate surface area is 167 Å². The summed E-state index contributed by atoms with van der Waals surface area (Å²) in [6, 6.07) is 9.66. The summed E-state index contributed by atoms with van der Waals surface area (Å²) in [6.45, 7) is 4.28. The van der Waals surface area contributed by atoms with Crippen LogP contribution in [-0.2, 0) is 6.54 Å². The highest BCUT2D eigenvalue weighted by atomic mass is 79.9. The molecule has 0 radical (unpaired) electrons. The smallest absolute Gasteiger partial charge is 0.256 e. The van der Waals surface area contributed by atoms with Crippen molar-refractivity contribution in [1.29, 1.82) is 0 Å². The van der Waals surface area contributed by atoms with Crippen LogP contribution in [0.3, 0.4) is 0 Å². The van der Waals surface area contributed by atoms with Gasteiger partial charge in [0.1, 0.15) is 0 Å². The minimum Gasteiger partial charge on any atom is -0.398 e. The topological polar surface area (TPSA) is 49.6 Å². The summed E-state index contributed by atoms with van der Waals surface area (Å²) < 4.78 is 0.891. The molecule has 2 aromatic rings. The van der Waals surface area contributed by atoms with Gasteiger partial charge < -0.3 is 10.6 Å². The summed E-state index contributed by atoms with van der Waals surface area (Å²) in [5, 5.41) is 2.10. The molecule has 2 N–H and O–H groups in total. The normalized spacial score (nSPS) is 14.6. The largest absolute Gasteiger partial charge is 0.398 e. The number of carbonyl (C=O) groups is 1. The Morgan fingerprint density at radius 1 is 1.17 bits per heavy atom. The number of hydrogen-bond donors (Lipinski definition) is 1. The molecule has 1 aromatic heterocycles. The van der Waals surface area contributed by atoms with Gasteiger partial charge in [-0.1, -0.05) is 22.0 Å². The van der Waals surface area contributed by atoms with E-state index in [-0.39, 0.29) is 30.7 Å². The molecular formula is C16H20BrCl2N3OS. The number of nitrogens with zero attached hydrogens (tertiary/aromatic N) is 2. The standard InChI is InChI=1S/C16H18BrN3OS.2ClH/c17-12-3-4-14(15(18)10-12)16(21)20-7-5-19(6-8-20)11-13-2-1-9-22-13;;/h1-4,9-10H,5-8,11,18H2;2*1H. The highest BCUT2D eigenvalue weighted by Crippen LogP contribution is 2.21. The number of nitrogens with two attached hydrogens (primary N) is 1. The molecule has 24 heavy (non-hydrogen) atoms. The zero-order valence-electron chi connectivity index (χ0n) is 13.0. The lowest BCUT2D eigenvalue weighted by molar-refractivity contribution is 0.0630. The molecule has 0 aliphatic carbocycles. The van der Waals surface area contributed by atoms with Crippen molar-refractivity contribution < 1.29 is 4.79 Å². The van der Waals surface area contributed by atoms with Crippen LogP contribution in [0.5, 0.6) is 0 Å². The maximum Gasteiger partial charge on any atom is 0.256 e. The van der Waals surface area contributed by atoms with Gasteiger partial charge in [0.25, 0.3) is 5.91 Å². The van der Waals surface area contributed by atoms with E-state index in [4.69, 9.17) is 5.73 Å². The minimum atomic E-state index is 0. The third-order valence-corrected chi connectivity index (χ3v) is 5.22. The number of hydrogen-bond acceptors (Lipinski definition) is 4. The van der Waals surface area contributed by atoms with Crippen LogP contribution in [0.4, 0.5) is 5.69 Å². The number of halogens is 3. The fourth-order valence-corrected chi connectivity index (χ4v) is 3.76. The maximum atomic E-state index is 12.6. The second kappa shape index (κ2) is 9.63. The van der Waals surface area contributed by atoms with Crippen molar-refractivity contribution in [1.82, 2.24) is 9.80 Å². The lowest BCUT2D eigenvalue weighted by Crippen LogP contribution is -2.48. The van der Waals surface area contributed by atoms with E-state index in [1.807, 2.05) is 11.0 Å². The number of benzene rings is 1. The van der Waals surface area contributed by atoms with E-state index >= 15 is 0 Å². The molecule has 8 heteroatoms. The lowest BCUT2D eigenvalue weighted by Gasteiger charge is -2.34. The first-order chi connectivity index (χ1) is 10.6. The Kier molecular flexibility index (Phi) is 8.53. The van der Waals surface area contributed by atoms with Crippen LogP contribution in [0.15, 0.2) is 40.2 Å². The summed E-state index contributed by atoms with van der Waals surface area (Å²) in [4.78, 5) is 18.2. The van der Waals surface area contributed by atoms with Crippen LogP contribution < -0.4 is 5.73 Å². The van der Waals surface area contributed by atoms with Crippen LogP contribution in [0.2, 0.25) is 0 Å². The molecular weight excluding hydrogens is 433 g/mol. The van der Waals surface area contributed by atoms with Crippen LogP contribution in [0.25, 0.3) is 0 Å². The Morgan fingerprint density at radius 2 is 1.88 bits per heavy atom. The Hall–Kier alpha value is -0.790. The van der Waals surface area contributed by atoms with Crippen molar-refractivity contribution in [2.45, 2.75) is 6.54 Å². The van der Waals surface area contributed by atoms with E-state index in [0.29, 0.717) is 11.3 Å². The molecule has 1 fully saturated rings. The fourth-order valence-electron chi connectivity index (χ4n) is 2.63. The average molecular weight is 453 g/mol. The summed E-state index contributed by atoms with van der Waals surface area (Å²) >= 11 is 5.15. The Morgan fingerprint density at radius 3 is 2.46 bits per heavy atom. The average Bonchev–Trinajstić information content (AvgIpc) is 3.00. The molecule has 132 valence electrons. The van der Waals surface area contributed by atoms with Crippen molar-refractivity contribution >= 4 is 63.7 Å². The predicted octanol–water partition coefficient (Wildman–Crippen LogP) is 3.89. The molecule has 1 aromatic carbocycles. The summed E-state index contributed by atoms with van der Waals surface area (Å²) in [5.74, 6) is 0.0285. The van der Waals surface area contributed by atoms with Crippen molar-refractivity contribution in [3.8, 4) is 0 Å². The monoisotopic (exact) mass is 451 g/mol. The van der Waals surface area contributed by atoms with Gasteiger partial charge in [0.2, 0.25) is 0 Å². The molecule has 3 rings (SSSR count). The number of nitrogen functional groups attached to an aromatic ring is 1. The van der Waals surface area contributed by atoms with Gasteiger partial charge in [0, 0.05) is 47.8 Å². The second-order valence-corrected chi connectivity index (χ2v) is 7.33. The third-order valence-electron chi connectivity index (χ3n) is 3.86. The van der Waals surface area contributed by atoms with Crippen LogP contribution in [-0.4, -0.2) is 41.9 Å². The number of carbonyl (C=O) groups excluding carboxylic acids is 1. The molecule has 0 atom stereocenters. The number of piperazine rings is 1. The maximum absolute atomic E-state index is 12.6. The fraction of sp³-hybridized carbons (Fsp3) is 0.312. The summed E-state index contributed by atoms with van der Waals surface area (Å²) in [6.07, 6.45) is 0. The van der Waals surface area contributed by atoms with E-state index in [0.717, 1.165) is 37.2 Å². The lowest BCUT2D eigenvalue weighted by atomic mass is 10.1. The number of rotatable bonds is 3. The third kappa shape index (κ3) is 5.10. The molecule has 2 heterocycles. The van der Waals surface area contributed by atoms with Crippen LogP contribution >= 0.6 is 52.1 Å². The van der Waals surface area contributed by atoms with Gasteiger partial charge in [-0.3, -0.25) is 9.69 Å². The van der Waals surface area contributed by atoms with E-state index in [1.54, 1.807) is 23.5 Å². The highest BCUT2D eigenvalue weighted by Gasteiger charge is 2.23. The van der Waals surface area contributed by atoms with Crippen molar-refractivity contribution in [2.24, 2.45) is 0 Å². The summed E-state index contributed by atoms with van der Waals surface area (Å²) in [5.41, 5.74) is 7.08. The molecule has 0 unspecified atom stereocenters. The Balaban J connectivity index is 0.00000144. The SMILES string of the molecule is Cl.Cl.Nc1cc(Br)ccc1C(=O)N1CCN(Cc2cccs2)CC1. The minimum absolute atomic E-state index is 0. The van der Waals surface area contributed by atoms with Crippen molar-refractivity contribution in [3.05, 3.63) is 50.6 Å². The highest BCUT2D eigenvalue weighted by molar-refractivity contribution is 9.10. The van der Waals surface area contributed by atoms with E-state index in [2.05, 4.69) is 38.3 Å². The molecule has 1 saturated heterocycles. The zero-order valence-corrected chi connectivity index (χ0v) is 17.0. The quantitative estimate of drug-likeness (QED) is 0.718. The number of amides is 1. The van der Waals surface area contributed by atoms with Crippen LogP contribution in [0, 0.1) is 0 Å². The molecule has 1 aliphatic heterocycles. The number of anilines is 1.